The number of aryl methyl sites for hydroxylation is 1. The number of hydrogen-bond acceptors (Lipinski definition) is 5. The molecule has 0 saturated heterocycles. The molecule has 0 radical (unpaired) electrons. The number of nitrogens with zero attached hydrogens (tertiary/aromatic N) is 3. The van der Waals surface area contributed by atoms with Gasteiger partial charge in [0.1, 0.15) is 4.90 Å². The van der Waals surface area contributed by atoms with Crippen molar-refractivity contribution in [2.24, 2.45) is 0 Å². The number of rotatable bonds is 5. The molecule has 0 spiro atoms. The van der Waals surface area contributed by atoms with Crippen molar-refractivity contribution in [3.63, 3.8) is 0 Å². The molecule has 25 heavy (non-hydrogen) atoms. The number of nitrogens with one attached hydrogen (secondary N) is 1. The molecule has 0 fully saturated rings. The maximum atomic E-state index is 13.0. The lowest BCUT2D eigenvalue weighted by Crippen LogP contribution is -2.33. The van der Waals surface area contributed by atoms with Crippen molar-refractivity contribution in [3.05, 3.63) is 34.2 Å². The van der Waals surface area contributed by atoms with E-state index in [9.17, 15) is 8.42 Å². The molecule has 0 saturated carbocycles. The highest BCUT2D eigenvalue weighted by atomic mass is 79.9. The number of aromatic nitrogens is 3. The summed E-state index contributed by atoms with van der Waals surface area (Å²) < 4.78 is 33.6. The molecular formula is C16H21BrN4O3S. The number of sulfonamides is 1. The fourth-order valence-electron chi connectivity index (χ4n) is 3.01. The largest absolute Gasteiger partial charge is 0.474 e. The first kappa shape index (κ1) is 18.3. The maximum absolute atomic E-state index is 13.0. The number of ether oxygens (including phenoxy) is 1. The minimum Gasteiger partial charge on any atom is -0.474 e. The molecule has 136 valence electrons. The van der Waals surface area contributed by atoms with Crippen LogP contribution in [-0.4, -0.2) is 41.1 Å². The molecule has 7 nitrogen and oxygen atoms in total. The van der Waals surface area contributed by atoms with E-state index in [-0.39, 0.29) is 17.0 Å². The van der Waals surface area contributed by atoms with Gasteiger partial charge in [-0.15, -0.1) is 0 Å². The predicted octanol–water partition coefficient (Wildman–Crippen LogP) is 3.05. The average Bonchev–Trinajstić information content (AvgIpc) is 3.04. The van der Waals surface area contributed by atoms with Crippen LogP contribution >= 0.6 is 15.9 Å². The van der Waals surface area contributed by atoms with E-state index < -0.39 is 10.0 Å². The Morgan fingerprint density at radius 3 is 2.84 bits per heavy atom. The number of fused-ring (bicyclic) bond motifs is 1. The van der Waals surface area contributed by atoms with Gasteiger partial charge in [-0.1, -0.05) is 0 Å². The number of H-pyrrole nitrogens is 1. The fourth-order valence-corrected chi connectivity index (χ4v) is 4.94. The first-order chi connectivity index (χ1) is 11.8. The van der Waals surface area contributed by atoms with E-state index in [2.05, 4.69) is 31.1 Å². The third kappa shape index (κ3) is 3.58. The summed E-state index contributed by atoms with van der Waals surface area (Å²) in [7, 11) is -2.08. The van der Waals surface area contributed by atoms with E-state index in [1.165, 1.54) is 16.6 Å². The summed E-state index contributed by atoms with van der Waals surface area (Å²) in [6.45, 7) is 3.77. The third-order valence-corrected chi connectivity index (χ3v) is 6.66. The van der Waals surface area contributed by atoms with Crippen molar-refractivity contribution in [2.75, 3.05) is 7.05 Å². The zero-order valence-electron chi connectivity index (χ0n) is 14.4. The molecule has 1 aliphatic rings. The van der Waals surface area contributed by atoms with E-state index in [1.807, 2.05) is 13.8 Å². The van der Waals surface area contributed by atoms with Crippen molar-refractivity contribution in [1.82, 2.24) is 19.5 Å². The molecule has 1 atom stereocenters. The minimum absolute atomic E-state index is 0.0457. The van der Waals surface area contributed by atoms with Gasteiger partial charge in [0, 0.05) is 18.3 Å². The summed E-state index contributed by atoms with van der Waals surface area (Å²) in [6, 6.07) is 1.31. The van der Waals surface area contributed by atoms with Crippen LogP contribution < -0.4 is 4.74 Å². The normalized spacial score (nSPS) is 17.8. The summed E-state index contributed by atoms with van der Waals surface area (Å²) in [6.07, 6.45) is 5.60. The predicted molar refractivity (Wildman–Crippen MR) is 96.9 cm³/mol. The van der Waals surface area contributed by atoms with E-state index in [4.69, 9.17) is 4.74 Å². The van der Waals surface area contributed by atoms with Crippen LogP contribution in [0.25, 0.3) is 0 Å². The third-order valence-electron chi connectivity index (χ3n) is 4.26. The van der Waals surface area contributed by atoms with Crippen LogP contribution in [-0.2, 0) is 16.4 Å². The van der Waals surface area contributed by atoms with Crippen molar-refractivity contribution in [1.29, 1.82) is 0 Å². The summed E-state index contributed by atoms with van der Waals surface area (Å²) in [4.78, 5) is 4.29. The zero-order valence-corrected chi connectivity index (χ0v) is 16.8. The molecule has 9 heteroatoms. The fraction of sp³-hybridized carbons (Fsp3) is 0.500. The molecule has 3 rings (SSSR count). The second-order valence-corrected chi connectivity index (χ2v) is 9.21. The van der Waals surface area contributed by atoms with Gasteiger partial charge in [0.05, 0.1) is 29.0 Å². The summed E-state index contributed by atoms with van der Waals surface area (Å²) in [5, 5.41) is 7.02. The number of halogens is 1. The highest BCUT2D eigenvalue weighted by Crippen LogP contribution is 2.36. The summed E-state index contributed by atoms with van der Waals surface area (Å²) in [5.74, 6) is 0.381. The van der Waals surface area contributed by atoms with Crippen molar-refractivity contribution < 1.29 is 13.2 Å². The van der Waals surface area contributed by atoms with Gasteiger partial charge < -0.3 is 4.74 Å². The summed E-state index contributed by atoms with van der Waals surface area (Å²) >= 11 is 3.35. The Bertz CT molecular complexity index is 866. The van der Waals surface area contributed by atoms with E-state index in [0.717, 1.165) is 30.5 Å². The standard InChI is InChI=1S/C16H21BrN4O3S/c1-10(2)24-16-13(17)7-11(8-18-16)25(22,23)21(3)15-6-4-5-14-12(15)9-19-20-14/h7-10,15H,4-6H2,1-3H3,(H,19,20)/t15-/m1/s1. The molecule has 0 aliphatic heterocycles. The Hall–Kier alpha value is -1.45. The Balaban J connectivity index is 1.91. The monoisotopic (exact) mass is 428 g/mol. The van der Waals surface area contributed by atoms with E-state index in [1.54, 1.807) is 13.2 Å². The van der Waals surface area contributed by atoms with Crippen LogP contribution in [0.5, 0.6) is 5.88 Å². The Morgan fingerprint density at radius 2 is 2.16 bits per heavy atom. The van der Waals surface area contributed by atoms with Crippen molar-refractivity contribution in [2.45, 2.75) is 50.2 Å². The Labute approximate surface area is 156 Å². The van der Waals surface area contributed by atoms with Gasteiger partial charge in [-0.3, -0.25) is 5.10 Å². The van der Waals surface area contributed by atoms with Gasteiger partial charge in [0.25, 0.3) is 0 Å². The van der Waals surface area contributed by atoms with Gasteiger partial charge in [0.15, 0.2) is 0 Å². The quantitative estimate of drug-likeness (QED) is 0.790. The first-order valence-electron chi connectivity index (χ1n) is 8.13. The van der Waals surface area contributed by atoms with Crippen LogP contribution in [0.4, 0.5) is 0 Å². The van der Waals surface area contributed by atoms with E-state index >= 15 is 0 Å². The second kappa shape index (κ2) is 7.05. The van der Waals surface area contributed by atoms with Gasteiger partial charge in [-0.25, -0.2) is 13.4 Å². The molecule has 0 bridgehead atoms. The summed E-state index contributed by atoms with van der Waals surface area (Å²) in [5.41, 5.74) is 1.96. The van der Waals surface area contributed by atoms with Crippen molar-refractivity contribution in [3.8, 4) is 5.88 Å². The lowest BCUT2D eigenvalue weighted by Gasteiger charge is -2.30. The number of aromatic amines is 1. The molecule has 2 aromatic rings. The van der Waals surface area contributed by atoms with Gasteiger partial charge in [-0.2, -0.15) is 9.40 Å². The van der Waals surface area contributed by atoms with Crippen molar-refractivity contribution >= 4 is 26.0 Å². The van der Waals surface area contributed by atoms with Gasteiger partial charge >= 0.3 is 0 Å². The molecule has 1 N–H and O–H groups in total. The highest BCUT2D eigenvalue weighted by Gasteiger charge is 2.33. The lowest BCUT2D eigenvalue weighted by molar-refractivity contribution is 0.230. The topological polar surface area (TPSA) is 88.2 Å². The highest BCUT2D eigenvalue weighted by molar-refractivity contribution is 9.10. The maximum Gasteiger partial charge on any atom is 0.244 e. The molecule has 0 aromatic carbocycles. The molecule has 2 heterocycles. The van der Waals surface area contributed by atoms with Crippen LogP contribution in [0.3, 0.4) is 0 Å². The number of hydrogen-bond donors (Lipinski definition) is 1. The molecule has 1 aliphatic carbocycles. The van der Waals surface area contributed by atoms with Gasteiger partial charge in [-0.05, 0) is 55.1 Å². The Morgan fingerprint density at radius 1 is 1.40 bits per heavy atom. The Kier molecular flexibility index (Phi) is 5.17. The minimum atomic E-state index is -3.68. The number of pyridine rings is 1. The van der Waals surface area contributed by atoms with Crippen LogP contribution in [0.2, 0.25) is 0 Å². The molecule has 0 amide bonds. The van der Waals surface area contributed by atoms with Crippen LogP contribution in [0, 0.1) is 0 Å². The van der Waals surface area contributed by atoms with Gasteiger partial charge in [0.2, 0.25) is 15.9 Å². The zero-order chi connectivity index (χ0) is 18.2. The average molecular weight is 429 g/mol. The SMILES string of the molecule is CC(C)Oc1ncc(S(=O)(=O)N(C)[C@@H]2CCCc3[nH]ncc32)cc1Br. The van der Waals surface area contributed by atoms with E-state index in [0.29, 0.717) is 10.4 Å². The molecular weight excluding hydrogens is 408 g/mol. The van der Waals surface area contributed by atoms with Crippen LogP contribution in [0.1, 0.15) is 44.0 Å². The molecule has 0 unspecified atom stereocenters. The smallest absolute Gasteiger partial charge is 0.244 e. The van der Waals surface area contributed by atoms with Crippen LogP contribution in [0.15, 0.2) is 27.8 Å². The molecule has 2 aromatic heterocycles. The lowest BCUT2D eigenvalue weighted by atomic mass is 9.93. The first-order valence-corrected chi connectivity index (χ1v) is 10.4. The second-order valence-electron chi connectivity index (χ2n) is 6.36.